The first-order chi connectivity index (χ1) is 9.01. The number of amides is 1. The fourth-order valence-electron chi connectivity index (χ4n) is 1.72. The molecule has 2 N–H and O–H groups in total. The number of benzene rings is 1. The van der Waals surface area contributed by atoms with Gasteiger partial charge in [0, 0.05) is 26.2 Å². The SMILES string of the molecule is CCOc1cccc(CN)c1OC(C)C(=O)N(C)C. The average molecular weight is 266 g/mol. The zero-order valence-corrected chi connectivity index (χ0v) is 12.0. The maximum atomic E-state index is 11.8. The maximum absolute atomic E-state index is 11.8. The van der Waals surface area contributed by atoms with Crippen LogP contribution in [0.1, 0.15) is 19.4 Å². The zero-order chi connectivity index (χ0) is 14.4. The number of nitrogens with two attached hydrogens (primary N) is 1. The summed E-state index contributed by atoms with van der Waals surface area (Å²) in [5.74, 6) is 1.06. The van der Waals surface area contributed by atoms with Gasteiger partial charge in [0.1, 0.15) is 0 Å². The monoisotopic (exact) mass is 266 g/mol. The molecule has 1 unspecified atom stereocenters. The Bertz CT molecular complexity index is 433. The third-order valence-corrected chi connectivity index (χ3v) is 2.66. The number of hydrogen-bond donors (Lipinski definition) is 1. The van der Waals surface area contributed by atoms with Gasteiger partial charge in [0.2, 0.25) is 0 Å². The summed E-state index contributed by atoms with van der Waals surface area (Å²) in [5, 5.41) is 0. The summed E-state index contributed by atoms with van der Waals surface area (Å²) in [4.78, 5) is 13.3. The number of carbonyl (C=O) groups is 1. The predicted octanol–water partition coefficient (Wildman–Crippen LogP) is 1.40. The predicted molar refractivity (Wildman–Crippen MR) is 74.3 cm³/mol. The van der Waals surface area contributed by atoms with Crippen LogP contribution >= 0.6 is 0 Å². The van der Waals surface area contributed by atoms with E-state index in [1.807, 2.05) is 25.1 Å². The number of nitrogens with zero attached hydrogens (tertiary/aromatic N) is 1. The van der Waals surface area contributed by atoms with Gasteiger partial charge in [-0.2, -0.15) is 0 Å². The molecule has 0 aliphatic heterocycles. The summed E-state index contributed by atoms with van der Waals surface area (Å²) in [6.45, 7) is 4.47. The van der Waals surface area contributed by atoms with Crippen molar-refractivity contribution in [2.75, 3.05) is 20.7 Å². The molecule has 106 valence electrons. The van der Waals surface area contributed by atoms with Gasteiger partial charge in [0.25, 0.3) is 5.91 Å². The smallest absolute Gasteiger partial charge is 0.262 e. The zero-order valence-electron chi connectivity index (χ0n) is 12.0. The molecule has 1 rings (SSSR count). The summed E-state index contributed by atoms with van der Waals surface area (Å²) >= 11 is 0. The van der Waals surface area contributed by atoms with Gasteiger partial charge in [0.05, 0.1) is 6.61 Å². The summed E-state index contributed by atoms with van der Waals surface area (Å²) in [5.41, 5.74) is 6.52. The van der Waals surface area contributed by atoms with Crippen LogP contribution in [0.15, 0.2) is 18.2 Å². The standard InChI is InChI=1S/C14H22N2O3/c1-5-18-12-8-6-7-11(9-15)13(12)19-10(2)14(17)16(3)4/h6-8,10H,5,9,15H2,1-4H3. The minimum atomic E-state index is -0.582. The highest BCUT2D eigenvalue weighted by atomic mass is 16.5. The average Bonchev–Trinajstić information content (AvgIpc) is 2.39. The van der Waals surface area contributed by atoms with E-state index in [4.69, 9.17) is 15.2 Å². The largest absolute Gasteiger partial charge is 0.490 e. The van der Waals surface area contributed by atoms with Gasteiger partial charge in [-0.1, -0.05) is 12.1 Å². The first-order valence-corrected chi connectivity index (χ1v) is 6.33. The van der Waals surface area contributed by atoms with E-state index in [-0.39, 0.29) is 5.91 Å². The van der Waals surface area contributed by atoms with E-state index < -0.39 is 6.10 Å². The molecule has 0 aliphatic rings. The number of para-hydroxylation sites is 1. The quantitative estimate of drug-likeness (QED) is 0.845. The molecule has 0 fully saturated rings. The van der Waals surface area contributed by atoms with E-state index in [0.717, 1.165) is 5.56 Å². The topological polar surface area (TPSA) is 64.8 Å². The van der Waals surface area contributed by atoms with Crippen LogP contribution in [-0.2, 0) is 11.3 Å². The minimum Gasteiger partial charge on any atom is -0.490 e. The Morgan fingerprint density at radius 2 is 2.11 bits per heavy atom. The van der Waals surface area contributed by atoms with Gasteiger partial charge in [-0.25, -0.2) is 0 Å². The lowest BCUT2D eigenvalue weighted by molar-refractivity contribution is -0.135. The second-order valence-electron chi connectivity index (χ2n) is 4.37. The van der Waals surface area contributed by atoms with Crippen LogP contribution in [0, 0.1) is 0 Å². The van der Waals surface area contributed by atoms with Crippen molar-refractivity contribution in [2.24, 2.45) is 5.73 Å². The van der Waals surface area contributed by atoms with Crippen molar-refractivity contribution in [1.29, 1.82) is 0 Å². The van der Waals surface area contributed by atoms with Crippen LogP contribution in [0.2, 0.25) is 0 Å². The van der Waals surface area contributed by atoms with E-state index in [9.17, 15) is 4.79 Å². The molecule has 0 spiro atoms. The normalized spacial score (nSPS) is 11.8. The molecule has 0 aromatic heterocycles. The second kappa shape index (κ2) is 6.99. The highest BCUT2D eigenvalue weighted by Crippen LogP contribution is 2.32. The van der Waals surface area contributed by atoms with Gasteiger partial charge in [-0.15, -0.1) is 0 Å². The molecule has 1 aromatic rings. The molecule has 1 aromatic carbocycles. The molecule has 5 heteroatoms. The van der Waals surface area contributed by atoms with Crippen molar-refractivity contribution in [1.82, 2.24) is 4.90 Å². The maximum Gasteiger partial charge on any atom is 0.262 e. The van der Waals surface area contributed by atoms with E-state index in [1.54, 1.807) is 21.0 Å². The van der Waals surface area contributed by atoms with Gasteiger partial charge >= 0.3 is 0 Å². The molecule has 1 amide bonds. The van der Waals surface area contributed by atoms with Crippen molar-refractivity contribution >= 4 is 5.91 Å². The first-order valence-electron chi connectivity index (χ1n) is 6.33. The van der Waals surface area contributed by atoms with E-state index in [1.165, 1.54) is 4.90 Å². The van der Waals surface area contributed by atoms with Crippen LogP contribution < -0.4 is 15.2 Å². The molecule has 5 nitrogen and oxygen atoms in total. The fourth-order valence-corrected chi connectivity index (χ4v) is 1.72. The van der Waals surface area contributed by atoms with Gasteiger partial charge < -0.3 is 20.1 Å². The number of likely N-dealkylation sites (N-methyl/N-ethyl adjacent to an activating group) is 1. The van der Waals surface area contributed by atoms with Crippen LogP contribution in [0.3, 0.4) is 0 Å². The lowest BCUT2D eigenvalue weighted by atomic mass is 10.2. The number of hydrogen-bond acceptors (Lipinski definition) is 4. The van der Waals surface area contributed by atoms with Crippen LogP contribution in [0.25, 0.3) is 0 Å². The summed E-state index contributed by atoms with van der Waals surface area (Å²) in [6, 6.07) is 5.54. The Kier molecular flexibility index (Phi) is 5.63. The number of carbonyl (C=O) groups excluding carboxylic acids is 1. The molecule has 0 saturated heterocycles. The first kappa shape index (κ1) is 15.3. The second-order valence-corrected chi connectivity index (χ2v) is 4.37. The molecular weight excluding hydrogens is 244 g/mol. The number of ether oxygens (including phenoxy) is 2. The van der Waals surface area contributed by atoms with Crippen LogP contribution in [0.4, 0.5) is 0 Å². The molecule has 0 heterocycles. The molecular formula is C14H22N2O3. The van der Waals surface area contributed by atoms with E-state index in [2.05, 4.69) is 0 Å². The van der Waals surface area contributed by atoms with E-state index in [0.29, 0.717) is 24.7 Å². The van der Waals surface area contributed by atoms with Crippen molar-refractivity contribution in [3.05, 3.63) is 23.8 Å². The molecule has 0 aliphatic carbocycles. The summed E-state index contributed by atoms with van der Waals surface area (Å²) < 4.78 is 11.3. The van der Waals surface area contributed by atoms with Gasteiger partial charge in [0.15, 0.2) is 17.6 Å². The van der Waals surface area contributed by atoms with Crippen LogP contribution in [0.5, 0.6) is 11.5 Å². The third-order valence-electron chi connectivity index (χ3n) is 2.66. The summed E-state index contributed by atoms with van der Waals surface area (Å²) in [6.07, 6.45) is -0.582. The molecule has 0 radical (unpaired) electrons. The molecule has 19 heavy (non-hydrogen) atoms. The van der Waals surface area contributed by atoms with Crippen molar-refractivity contribution in [3.63, 3.8) is 0 Å². The minimum absolute atomic E-state index is 0.103. The van der Waals surface area contributed by atoms with Crippen molar-refractivity contribution in [2.45, 2.75) is 26.5 Å². The Hall–Kier alpha value is -1.75. The van der Waals surface area contributed by atoms with Crippen molar-refractivity contribution < 1.29 is 14.3 Å². The van der Waals surface area contributed by atoms with Gasteiger partial charge in [-0.05, 0) is 19.9 Å². The lowest BCUT2D eigenvalue weighted by Crippen LogP contribution is -2.35. The molecule has 0 bridgehead atoms. The summed E-state index contributed by atoms with van der Waals surface area (Å²) in [7, 11) is 3.39. The van der Waals surface area contributed by atoms with Crippen molar-refractivity contribution in [3.8, 4) is 11.5 Å². The number of rotatable bonds is 6. The fraction of sp³-hybridized carbons (Fsp3) is 0.500. The third kappa shape index (κ3) is 3.86. The Labute approximate surface area is 114 Å². The lowest BCUT2D eigenvalue weighted by Gasteiger charge is -2.21. The van der Waals surface area contributed by atoms with Crippen LogP contribution in [-0.4, -0.2) is 37.6 Å². The molecule has 0 saturated carbocycles. The Morgan fingerprint density at radius 1 is 1.42 bits per heavy atom. The van der Waals surface area contributed by atoms with E-state index >= 15 is 0 Å². The van der Waals surface area contributed by atoms with Gasteiger partial charge in [-0.3, -0.25) is 4.79 Å². The highest BCUT2D eigenvalue weighted by Gasteiger charge is 2.20. The Morgan fingerprint density at radius 3 is 2.63 bits per heavy atom. The highest BCUT2D eigenvalue weighted by molar-refractivity contribution is 5.80. The molecule has 1 atom stereocenters. The Balaban J connectivity index is 3.00.